The van der Waals surface area contributed by atoms with Crippen molar-refractivity contribution in [2.45, 2.75) is 23.8 Å². The zero-order chi connectivity index (χ0) is 21.1. The molecule has 30 heavy (non-hydrogen) atoms. The molecule has 1 aliphatic rings. The van der Waals surface area contributed by atoms with E-state index in [1.54, 1.807) is 24.3 Å². The molecule has 0 saturated carbocycles. The lowest BCUT2D eigenvalue weighted by molar-refractivity contribution is 0.102. The molecule has 1 aliphatic heterocycles. The third-order valence-corrected chi connectivity index (χ3v) is 6.27. The van der Waals surface area contributed by atoms with E-state index in [-0.39, 0.29) is 23.1 Å². The monoisotopic (exact) mass is 428 g/mol. The van der Waals surface area contributed by atoms with Crippen molar-refractivity contribution in [3.05, 3.63) is 70.6 Å². The Morgan fingerprint density at radius 3 is 2.60 bits per heavy atom. The van der Waals surface area contributed by atoms with Gasteiger partial charge in [0.25, 0.3) is 5.91 Å². The third-order valence-electron chi connectivity index (χ3n) is 4.83. The van der Waals surface area contributed by atoms with E-state index in [4.69, 9.17) is 9.15 Å². The molecule has 1 atom stereocenters. The highest BCUT2D eigenvalue weighted by Gasteiger charge is 2.20. The van der Waals surface area contributed by atoms with Crippen LogP contribution in [0.25, 0.3) is 11.0 Å². The molecule has 2 heterocycles. The molecule has 8 nitrogen and oxygen atoms in total. The van der Waals surface area contributed by atoms with Crippen LogP contribution >= 0.6 is 0 Å². The van der Waals surface area contributed by atoms with Crippen LogP contribution < -0.4 is 15.7 Å². The average molecular weight is 428 g/mol. The molecule has 1 fully saturated rings. The number of para-hydroxylation sites is 1. The van der Waals surface area contributed by atoms with Gasteiger partial charge in [-0.15, -0.1) is 0 Å². The Kier molecular flexibility index (Phi) is 5.67. The molecule has 0 aliphatic carbocycles. The molecule has 156 valence electrons. The topological polar surface area (TPSA) is 115 Å². The molecular formula is C21H20N2O6S. The van der Waals surface area contributed by atoms with E-state index in [9.17, 15) is 18.0 Å². The summed E-state index contributed by atoms with van der Waals surface area (Å²) in [4.78, 5) is 24.7. The highest BCUT2D eigenvalue weighted by Crippen LogP contribution is 2.17. The van der Waals surface area contributed by atoms with Gasteiger partial charge >= 0.3 is 5.63 Å². The summed E-state index contributed by atoms with van der Waals surface area (Å²) in [6.45, 7) is 0.870. The number of hydrogen-bond donors (Lipinski definition) is 2. The molecule has 2 N–H and O–H groups in total. The molecule has 4 rings (SSSR count). The molecule has 0 bridgehead atoms. The van der Waals surface area contributed by atoms with Crippen LogP contribution in [0.15, 0.2) is 68.7 Å². The second-order valence-corrected chi connectivity index (χ2v) is 8.72. The maximum atomic E-state index is 12.5. The second-order valence-electron chi connectivity index (χ2n) is 6.95. The first-order valence-corrected chi connectivity index (χ1v) is 11.0. The molecule has 2 aromatic carbocycles. The number of amides is 1. The van der Waals surface area contributed by atoms with Crippen LogP contribution in [0.3, 0.4) is 0 Å². The van der Waals surface area contributed by atoms with E-state index in [1.165, 1.54) is 30.3 Å². The SMILES string of the molecule is O=C(Nc1ccc(S(=O)(=O)NC[C@H]2CCCO2)cc1)c1cc2ccccc2oc1=O. The first-order valence-electron chi connectivity index (χ1n) is 9.48. The van der Waals surface area contributed by atoms with Gasteiger partial charge in [0.05, 0.1) is 11.0 Å². The van der Waals surface area contributed by atoms with Gasteiger partial charge in [0, 0.05) is 24.2 Å². The Bertz CT molecular complexity index is 1230. The van der Waals surface area contributed by atoms with Gasteiger partial charge in [-0.05, 0) is 49.2 Å². The second kappa shape index (κ2) is 8.39. The van der Waals surface area contributed by atoms with E-state index in [2.05, 4.69) is 10.0 Å². The third kappa shape index (κ3) is 4.43. The Morgan fingerprint density at radius 1 is 1.10 bits per heavy atom. The summed E-state index contributed by atoms with van der Waals surface area (Å²) in [7, 11) is -3.68. The lowest BCUT2D eigenvalue weighted by Gasteiger charge is -2.12. The lowest BCUT2D eigenvalue weighted by Crippen LogP contribution is -2.31. The van der Waals surface area contributed by atoms with E-state index in [0.717, 1.165) is 12.8 Å². The van der Waals surface area contributed by atoms with Gasteiger partial charge in [0.15, 0.2) is 0 Å². The standard InChI is InChI=1S/C21H20N2O6S/c24-20(18-12-14-4-1-2-6-19(14)29-21(18)25)23-15-7-9-17(10-8-15)30(26,27)22-13-16-5-3-11-28-16/h1-2,4,6-10,12,16,22H,3,5,11,13H2,(H,23,24)/t16-/m1/s1. The predicted octanol–water partition coefficient (Wildman–Crippen LogP) is 2.50. The molecule has 3 aromatic rings. The van der Waals surface area contributed by atoms with Gasteiger partial charge < -0.3 is 14.5 Å². The number of ether oxygens (including phenoxy) is 1. The van der Waals surface area contributed by atoms with Crippen LogP contribution in [0.2, 0.25) is 0 Å². The van der Waals surface area contributed by atoms with Gasteiger partial charge in [-0.3, -0.25) is 4.79 Å². The number of carbonyl (C=O) groups is 1. The fourth-order valence-corrected chi connectivity index (χ4v) is 4.29. The van der Waals surface area contributed by atoms with Gasteiger partial charge in [-0.1, -0.05) is 18.2 Å². The maximum Gasteiger partial charge on any atom is 0.349 e. The van der Waals surface area contributed by atoms with Crippen molar-refractivity contribution in [1.82, 2.24) is 4.72 Å². The molecular weight excluding hydrogens is 408 g/mol. The predicted molar refractivity (Wildman–Crippen MR) is 111 cm³/mol. The average Bonchev–Trinajstić information content (AvgIpc) is 3.26. The van der Waals surface area contributed by atoms with Crippen molar-refractivity contribution < 1.29 is 22.4 Å². The largest absolute Gasteiger partial charge is 0.422 e. The number of benzene rings is 2. The number of hydrogen-bond acceptors (Lipinski definition) is 6. The molecule has 1 saturated heterocycles. The van der Waals surface area contributed by atoms with Crippen molar-refractivity contribution >= 4 is 32.6 Å². The van der Waals surface area contributed by atoms with E-state index in [0.29, 0.717) is 23.3 Å². The number of carbonyl (C=O) groups excluding carboxylic acids is 1. The minimum Gasteiger partial charge on any atom is -0.422 e. The van der Waals surface area contributed by atoms with E-state index >= 15 is 0 Å². The number of rotatable bonds is 6. The van der Waals surface area contributed by atoms with Crippen LogP contribution in [0.1, 0.15) is 23.2 Å². The first-order chi connectivity index (χ1) is 14.4. The van der Waals surface area contributed by atoms with Gasteiger partial charge in [-0.2, -0.15) is 0 Å². The highest BCUT2D eigenvalue weighted by atomic mass is 32.2. The van der Waals surface area contributed by atoms with Gasteiger partial charge in [-0.25, -0.2) is 17.9 Å². The van der Waals surface area contributed by atoms with Crippen molar-refractivity contribution in [3.8, 4) is 0 Å². The zero-order valence-electron chi connectivity index (χ0n) is 16.0. The molecule has 0 spiro atoms. The molecule has 0 radical (unpaired) electrons. The smallest absolute Gasteiger partial charge is 0.349 e. The molecule has 9 heteroatoms. The number of anilines is 1. The Morgan fingerprint density at radius 2 is 1.87 bits per heavy atom. The summed E-state index contributed by atoms with van der Waals surface area (Å²) in [6, 6.07) is 14.0. The van der Waals surface area contributed by atoms with Crippen LogP contribution in [0, 0.1) is 0 Å². The summed E-state index contributed by atoms with van der Waals surface area (Å²) in [5, 5.41) is 3.21. The fraction of sp³-hybridized carbons (Fsp3) is 0.238. The van der Waals surface area contributed by atoms with Crippen molar-refractivity contribution in [1.29, 1.82) is 0 Å². The van der Waals surface area contributed by atoms with Crippen LogP contribution in [0.4, 0.5) is 5.69 Å². The number of nitrogens with one attached hydrogen (secondary N) is 2. The van der Waals surface area contributed by atoms with Crippen molar-refractivity contribution in [3.63, 3.8) is 0 Å². The van der Waals surface area contributed by atoms with E-state index in [1.807, 2.05) is 0 Å². The summed E-state index contributed by atoms with van der Waals surface area (Å²) in [5.74, 6) is -0.637. The van der Waals surface area contributed by atoms with Crippen LogP contribution in [-0.2, 0) is 14.8 Å². The quantitative estimate of drug-likeness (QED) is 0.583. The minimum atomic E-state index is -3.68. The molecule has 0 unspecified atom stereocenters. The van der Waals surface area contributed by atoms with Crippen molar-refractivity contribution in [2.24, 2.45) is 0 Å². The summed E-state index contributed by atoms with van der Waals surface area (Å²) in [5.41, 5.74) is -0.137. The summed E-state index contributed by atoms with van der Waals surface area (Å²) >= 11 is 0. The van der Waals surface area contributed by atoms with Gasteiger partial charge in [0.2, 0.25) is 10.0 Å². The summed E-state index contributed by atoms with van der Waals surface area (Å²) in [6.07, 6.45) is 1.65. The first kappa shape index (κ1) is 20.3. The normalized spacial score (nSPS) is 16.6. The lowest BCUT2D eigenvalue weighted by atomic mass is 10.1. The number of sulfonamides is 1. The Balaban J connectivity index is 1.46. The fourth-order valence-electron chi connectivity index (χ4n) is 3.23. The summed E-state index contributed by atoms with van der Waals surface area (Å²) < 4.78 is 37.9. The highest BCUT2D eigenvalue weighted by molar-refractivity contribution is 7.89. The molecule has 1 aromatic heterocycles. The van der Waals surface area contributed by atoms with Crippen LogP contribution in [0.5, 0.6) is 0 Å². The molecule has 1 amide bonds. The van der Waals surface area contributed by atoms with E-state index < -0.39 is 21.6 Å². The number of fused-ring (bicyclic) bond motifs is 1. The zero-order valence-corrected chi connectivity index (χ0v) is 16.8. The van der Waals surface area contributed by atoms with Crippen molar-refractivity contribution in [2.75, 3.05) is 18.5 Å². The Labute approximate surface area is 172 Å². The van der Waals surface area contributed by atoms with Crippen LogP contribution in [-0.4, -0.2) is 33.6 Å². The minimum absolute atomic E-state index is 0.0729. The maximum absolute atomic E-state index is 12.5. The van der Waals surface area contributed by atoms with Gasteiger partial charge in [0.1, 0.15) is 11.1 Å². The Hall–Kier alpha value is -3.01.